The molecule has 1 fully saturated rings. The summed E-state index contributed by atoms with van der Waals surface area (Å²) < 4.78 is 4.70. The molecule has 0 radical (unpaired) electrons. The molecule has 0 heterocycles. The van der Waals surface area contributed by atoms with E-state index < -0.39 is 36.4 Å². The maximum absolute atomic E-state index is 11.8. The normalized spacial score (nSPS) is 18.6. The lowest BCUT2D eigenvalue weighted by Crippen LogP contribution is -2.50. The molecule has 7 heteroatoms. The van der Waals surface area contributed by atoms with E-state index in [0.717, 1.165) is 25.7 Å². The monoisotopic (exact) mass is 300 g/mol. The lowest BCUT2D eigenvalue weighted by Gasteiger charge is -2.26. The summed E-state index contributed by atoms with van der Waals surface area (Å²) in [4.78, 5) is 34.2. The molecule has 1 saturated carbocycles. The SMILES string of the molecule is COC(=O)[C@@H](CC1CCCCC1)NC(=O)[C@H](N)CC(=O)O. The van der Waals surface area contributed by atoms with Crippen molar-refractivity contribution in [2.75, 3.05) is 7.11 Å². The summed E-state index contributed by atoms with van der Waals surface area (Å²) in [5, 5.41) is 11.2. The first kappa shape index (κ1) is 17.4. The zero-order valence-corrected chi connectivity index (χ0v) is 12.3. The fourth-order valence-corrected chi connectivity index (χ4v) is 2.67. The minimum atomic E-state index is -1.17. The van der Waals surface area contributed by atoms with Crippen LogP contribution in [0.1, 0.15) is 44.9 Å². The number of carboxylic acids is 1. The molecule has 1 rings (SSSR count). The van der Waals surface area contributed by atoms with Crippen LogP contribution in [0.2, 0.25) is 0 Å². The minimum absolute atomic E-state index is 0.374. The molecule has 21 heavy (non-hydrogen) atoms. The molecular formula is C14H24N2O5. The van der Waals surface area contributed by atoms with Crippen molar-refractivity contribution in [3.63, 3.8) is 0 Å². The molecular weight excluding hydrogens is 276 g/mol. The molecule has 0 aromatic carbocycles. The van der Waals surface area contributed by atoms with E-state index in [1.165, 1.54) is 13.5 Å². The Morgan fingerprint density at radius 3 is 2.43 bits per heavy atom. The Morgan fingerprint density at radius 2 is 1.90 bits per heavy atom. The van der Waals surface area contributed by atoms with E-state index in [1.54, 1.807) is 0 Å². The van der Waals surface area contributed by atoms with E-state index in [2.05, 4.69) is 5.32 Å². The minimum Gasteiger partial charge on any atom is -0.481 e. The number of carbonyl (C=O) groups is 3. The van der Waals surface area contributed by atoms with Crippen LogP contribution in [0.4, 0.5) is 0 Å². The van der Waals surface area contributed by atoms with E-state index in [1.807, 2.05) is 0 Å². The number of amides is 1. The van der Waals surface area contributed by atoms with Crippen LogP contribution < -0.4 is 11.1 Å². The van der Waals surface area contributed by atoms with E-state index in [-0.39, 0.29) is 0 Å². The molecule has 0 aromatic heterocycles. The lowest BCUT2D eigenvalue weighted by molar-refractivity contribution is -0.146. The molecule has 0 spiro atoms. The van der Waals surface area contributed by atoms with E-state index in [0.29, 0.717) is 12.3 Å². The first-order chi connectivity index (χ1) is 9.93. The van der Waals surface area contributed by atoms with Crippen molar-refractivity contribution in [1.29, 1.82) is 0 Å². The van der Waals surface area contributed by atoms with Gasteiger partial charge in [-0.15, -0.1) is 0 Å². The van der Waals surface area contributed by atoms with Gasteiger partial charge in [-0.2, -0.15) is 0 Å². The van der Waals surface area contributed by atoms with Crippen LogP contribution in [-0.2, 0) is 19.1 Å². The van der Waals surface area contributed by atoms with Gasteiger partial charge in [-0.05, 0) is 12.3 Å². The summed E-state index contributed by atoms with van der Waals surface area (Å²) in [5.74, 6) is -1.93. The molecule has 1 aliphatic carbocycles. The van der Waals surface area contributed by atoms with Crippen molar-refractivity contribution in [2.24, 2.45) is 11.7 Å². The zero-order valence-electron chi connectivity index (χ0n) is 12.3. The van der Waals surface area contributed by atoms with Crippen LogP contribution in [0.15, 0.2) is 0 Å². The number of aliphatic carboxylic acids is 1. The second kappa shape index (κ2) is 8.61. The second-order valence-corrected chi connectivity index (χ2v) is 5.53. The van der Waals surface area contributed by atoms with Gasteiger partial charge in [0, 0.05) is 0 Å². The Labute approximate surface area is 124 Å². The number of hydrogen-bond acceptors (Lipinski definition) is 5. The quantitative estimate of drug-likeness (QED) is 0.586. The maximum Gasteiger partial charge on any atom is 0.328 e. The number of esters is 1. The van der Waals surface area contributed by atoms with Gasteiger partial charge < -0.3 is 20.9 Å². The molecule has 0 unspecified atom stereocenters. The molecule has 0 saturated heterocycles. The second-order valence-electron chi connectivity index (χ2n) is 5.53. The average Bonchev–Trinajstić information content (AvgIpc) is 2.46. The van der Waals surface area contributed by atoms with Crippen molar-refractivity contribution in [2.45, 2.75) is 57.0 Å². The number of methoxy groups -OCH3 is 1. The zero-order chi connectivity index (χ0) is 15.8. The average molecular weight is 300 g/mol. The summed E-state index contributed by atoms with van der Waals surface area (Å²) in [6, 6.07) is -1.92. The predicted molar refractivity (Wildman–Crippen MR) is 75.4 cm³/mol. The third-order valence-electron chi connectivity index (χ3n) is 3.83. The van der Waals surface area contributed by atoms with Gasteiger partial charge in [-0.25, -0.2) is 4.79 Å². The van der Waals surface area contributed by atoms with Gasteiger partial charge in [-0.1, -0.05) is 32.1 Å². The molecule has 1 aliphatic rings. The highest BCUT2D eigenvalue weighted by Gasteiger charge is 2.28. The molecule has 2 atom stereocenters. The number of nitrogens with one attached hydrogen (secondary N) is 1. The first-order valence-corrected chi connectivity index (χ1v) is 7.29. The summed E-state index contributed by atoms with van der Waals surface area (Å²) in [5.41, 5.74) is 5.50. The fraction of sp³-hybridized carbons (Fsp3) is 0.786. The summed E-state index contributed by atoms with van der Waals surface area (Å²) in [6.45, 7) is 0. The smallest absolute Gasteiger partial charge is 0.328 e. The van der Waals surface area contributed by atoms with Crippen LogP contribution in [0.5, 0.6) is 0 Å². The van der Waals surface area contributed by atoms with Crippen molar-refractivity contribution in [3.8, 4) is 0 Å². The highest BCUT2D eigenvalue weighted by atomic mass is 16.5. The number of carboxylic acid groups (broad SMARTS) is 1. The molecule has 120 valence electrons. The van der Waals surface area contributed by atoms with Crippen LogP contribution in [0, 0.1) is 5.92 Å². The van der Waals surface area contributed by atoms with E-state index >= 15 is 0 Å². The molecule has 4 N–H and O–H groups in total. The van der Waals surface area contributed by atoms with Crippen LogP contribution >= 0.6 is 0 Å². The number of carbonyl (C=O) groups excluding carboxylic acids is 2. The molecule has 0 aliphatic heterocycles. The Hall–Kier alpha value is -1.63. The largest absolute Gasteiger partial charge is 0.481 e. The third-order valence-corrected chi connectivity index (χ3v) is 3.83. The van der Waals surface area contributed by atoms with Crippen molar-refractivity contribution < 1.29 is 24.2 Å². The number of ether oxygens (including phenoxy) is 1. The first-order valence-electron chi connectivity index (χ1n) is 7.29. The van der Waals surface area contributed by atoms with Gasteiger partial charge in [0.2, 0.25) is 5.91 Å². The van der Waals surface area contributed by atoms with Gasteiger partial charge >= 0.3 is 11.9 Å². The van der Waals surface area contributed by atoms with Crippen molar-refractivity contribution >= 4 is 17.8 Å². The number of nitrogens with two attached hydrogens (primary N) is 1. The van der Waals surface area contributed by atoms with E-state index in [9.17, 15) is 14.4 Å². The van der Waals surface area contributed by atoms with Gasteiger partial charge in [0.1, 0.15) is 6.04 Å². The highest BCUT2D eigenvalue weighted by Crippen LogP contribution is 2.27. The molecule has 1 amide bonds. The van der Waals surface area contributed by atoms with Crippen LogP contribution in [0.25, 0.3) is 0 Å². The maximum atomic E-state index is 11.8. The standard InChI is InChI=1S/C14H24N2O5/c1-21-14(20)11(7-9-5-3-2-4-6-9)16-13(19)10(15)8-12(17)18/h9-11H,2-8,15H2,1H3,(H,16,19)(H,17,18)/t10-,11-/m1/s1. The van der Waals surface area contributed by atoms with Gasteiger partial charge in [0.15, 0.2) is 0 Å². The van der Waals surface area contributed by atoms with Crippen molar-refractivity contribution in [3.05, 3.63) is 0 Å². The summed E-state index contributed by atoms with van der Waals surface area (Å²) in [6.07, 6.45) is 5.57. The van der Waals surface area contributed by atoms with Crippen LogP contribution in [0.3, 0.4) is 0 Å². The van der Waals surface area contributed by atoms with Crippen LogP contribution in [-0.4, -0.2) is 42.1 Å². The molecule has 0 bridgehead atoms. The molecule has 0 aromatic rings. The van der Waals surface area contributed by atoms with Gasteiger partial charge in [-0.3, -0.25) is 9.59 Å². The lowest BCUT2D eigenvalue weighted by atomic mass is 9.84. The van der Waals surface area contributed by atoms with Crippen molar-refractivity contribution in [1.82, 2.24) is 5.32 Å². The Kier molecular flexibility index (Phi) is 7.14. The van der Waals surface area contributed by atoms with E-state index in [4.69, 9.17) is 15.6 Å². The topological polar surface area (TPSA) is 119 Å². The fourth-order valence-electron chi connectivity index (χ4n) is 2.67. The summed E-state index contributed by atoms with van der Waals surface area (Å²) >= 11 is 0. The Bertz CT molecular complexity index is 380. The third kappa shape index (κ3) is 6.12. The summed E-state index contributed by atoms with van der Waals surface area (Å²) in [7, 11) is 1.26. The predicted octanol–water partition coefficient (Wildman–Crippen LogP) is 0.417. The van der Waals surface area contributed by atoms with Gasteiger partial charge in [0.05, 0.1) is 19.6 Å². The highest BCUT2D eigenvalue weighted by molar-refractivity contribution is 5.89. The Morgan fingerprint density at radius 1 is 1.29 bits per heavy atom. The number of rotatable bonds is 7. The number of hydrogen-bond donors (Lipinski definition) is 3. The van der Waals surface area contributed by atoms with Gasteiger partial charge in [0.25, 0.3) is 0 Å². The Balaban J connectivity index is 2.58. The molecule has 7 nitrogen and oxygen atoms in total.